The molecule has 0 spiro atoms. The van der Waals surface area contributed by atoms with Gasteiger partial charge in [-0.2, -0.15) is 0 Å². The minimum atomic E-state index is -0.830. The lowest BCUT2D eigenvalue weighted by atomic mass is 10.2. The zero-order valence-corrected chi connectivity index (χ0v) is 14.0. The molecule has 1 heterocycles. The van der Waals surface area contributed by atoms with Crippen molar-refractivity contribution in [1.29, 1.82) is 0 Å². The first kappa shape index (κ1) is 17.2. The third kappa shape index (κ3) is 4.07. The predicted octanol–water partition coefficient (Wildman–Crippen LogP) is 3.08. The molecule has 1 amide bonds. The van der Waals surface area contributed by atoms with E-state index in [-0.39, 0.29) is 11.7 Å². The molecule has 25 heavy (non-hydrogen) atoms. The van der Waals surface area contributed by atoms with E-state index in [0.29, 0.717) is 13.1 Å². The lowest BCUT2D eigenvalue weighted by Crippen LogP contribution is -2.52. The fraction of sp³-hybridized carbons (Fsp3) is 0.316. The Kier molecular flexibility index (Phi) is 5.16. The van der Waals surface area contributed by atoms with Crippen LogP contribution in [0.25, 0.3) is 0 Å². The molecule has 1 saturated heterocycles. The first-order chi connectivity index (χ1) is 12.0. The van der Waals surface area contributed by atoms with E-state index in [1.807, 2.05) is 30.3 Å². The Balaban J connectivity index is 1.56. The number of benzene rings is 2. The van der Waals surface area contributed by atoms with E-state index in [2.05, 4.69) is 4.90 Å². The van der Waals surface area contributed by atoms with Gasteiger partial charge in [-0.3, -0.25) is 4.79 Å². The predicted molar refractivity (Wildman–Crippen MR) is 91.7 cm³/mol. The Hall–Kier alpha value is -2.63. The molecule has 1 aliphatic heterocycles. The van der Waals surface area contributed by atoms with Gasteiger partial charge in [0.1, 0.15) is 5.82 Å². The molecule has 2 aromatic rings. The van der Waals surface area contributed by atoms with Crippen LogP contribution in [-0.2, 0) is 4.79 Å². The maximum atomic E-state index is 13.7. The fourth-order valence-corrected chi connectivity index (χ4v) is 2.89. The number of para-hydroxylation sites is 1. The first-order valence-electron chi connectivity index (χ1n) is 8.25. The number of amides is 1. The summed E-state index contributed by atoms with van der Waals surface area (Å²) in [4.78, 5) is 16.4. The maximum Gasteiger partial charge on any atom is 0.263 e. The zero-order valence-electron chi connectivity index (χ0n) is 14.0. The van der Waals surface area contributed by atoms with E-state index >= 15 is 0 Å². The molecule has 0 radical (unpaired) electrons. The molecule has 6 heteroatoms. The summed E-state index contributed by atoms with van der Waals surface area (Å²) in [7, 11) is 0. The average Bonchev–Trinajstić information content (AvgIpc) is 2.64. The highest BCUT2D eigenvalue weighted by atomic mass is 19.1. The first-order valence-corrected chi connectivity index (χ1v) is 8.25. The topological polar surface area (TPSA) is 32.8 Å². The number of carbonyl (C=O) groups is 1. The van der Waals surface area contributed by atoms with Gasteiger partial charge in [0.25, 0.3) is 5.91 Å². The normalized spacial score (nSPS) is 15.8. The van der Waals surface area contributed by atoms with Crippen LogP contribution in [-0.4, -0.2) is 43.1 Å². The number of hydrogen-bond donors (Lipinski definition) is 0. The van der Waals surface area contributed by atoms with Crippen molar-refractivity contribution < 1.29 is 18.3 Å². The lowest BCUT2D eigenvalue weighted by molar-refractivity contribution is -0.138. The van der Waals surface area contributed by atoms with Crippen LogP contribution in [0.3, 0.4) is 0 Å². The summed E-state index contributed by atoms with van der Waals surface area (Å²) < 4.78 is 32.0. The van der Waals surface area contributed by atoms with Crippen LogP contribution in [0.15, 0.2) is 48.5 Å². The molecule has 0 unspecified atom stereocenters. The second-order valence-electron chi connectivity index (χ2n) is 5.98. The van der Waals surface area contributed by atoms with Crippen molar-refractivity contribution in [3.05, 3.63) is 60.2 Å². The molecule has 1 fully saturated rings. The van der Waals surface area contributed by atoms with Gasteiger partial charge in [0.15, 0.2) is 17.7 Å². The number of hydrogen-bond acceptors (Lipinski definition) is 3. The largest absolute Gasteiger partial charge is 0.478 e. The summed E-state index contributed by atoms with van der Waals surface area (Å²) in [5.74, 6) is -1.81. The summed E-state index contributed by atoms with van der Waals surface area (Å²) in [6.07, 6.45) is -0.830. The van der Waals surface area contributed by atoms with Crippen molar-refractivity contribution in [2.75, 3.05) is 31.1 Å². The number of anilines is 1. The quantitative estimate of drug-likeness (QED) is 0.853. The maximum absolute atomic E-state index is 13.7. The minimum absolute atomic E-state index is 0.120. The van der Waals surface area contributed by atoms with Gasteiger partial charge < -0.3 is 14.5 Å². The summed E-state index contributed by atoms with van der Waals surface area (Å²) in [6.45, 7) is 4.19. The standard InChI is InChI=1S/C19H20F2N2O2/c1-14(25-18-8-7-15(20)13-17(18)21)19(24)23-11-9-22(10-12-23)16-5-3-2-4-6-16/h2-8,13-14H,9-12H2,1H3/t14-/m1/s1. The minimum Gasteiger partial charge on any atom is -0.478 e. The molecule has 1 aliphatic rings. The van der Waals surface area contributed by atoms with E-state index in [1.165, 1.54) is 6.07 Å². The molecule has 3 rings (SSSR count). The average molecular weight is 346 g/mol. The third-order valence-corrected chi connectivity index (χ3v) is 4.26. The van der Waals surface area contributed by atoms with Crippen molar-refractivity contribution >= 4 is 11.6 Å². The molecular weight excluding hydrogens is 326 g/mol. The molecule has 0 bridgehead atoms. The Labute approximate surface area is 145 Å². The molecule has 0 aliphatic carbocycles. The molecule has 4 nitrogen and oxygen atoms in total. The molecule has 0 saturated carbocycles. The Morgan fingerprint density at radius 1 is 1.04 bits per heavy atom. The van der Waals surface area contributed by atoms with Crippen LogP contribution in [0.5, 0.6) is 5.75 Å². The SMILES string of the molecule is C[C@@H](Oc1ccc(F)cc1F)C(=O)N1CCN(c2ccccc2)CC1. The summed E-state index contributed by atoms with van der Waals surface area (Å²) in [6, 6.07) is 13.1. The van der Waals surface area contributed by atoms with Crippen molar-refractivity contribution in [1.82, 2.24) is 4.90 Å². The van der Waals surface area contributed by atoms with Crippen molar-refractivity contribution in [3.63, 3.8) is 0 Å². The van der Waals surface area contributed by atoms with Crippen LogP contribution in [0.4, 0.5) is 14.5 Å². The molecule has 2 aromatic carbocycles. The molecule has 132 valence electrons. The molecule has 1 atom stereocenters. The number of carbonyl (C=O) groups excluding carboxylic acids is 1. The highest BCUT2D eigenvalue weighted by molar-refractivity contribution is 5.81. The van der Waals surface area contributed by atoms with Crippen LogP contribution in [0.1, 0.15) is 6.92 Å². The second-order valence-corrected chi connectivity index (χ2v) is 5.98. The number of rotatable bonds is 4. The molecule has 0 aromatic heterocycles. The van der Waals surface area contributed by atoms with E-state index in [9.17, 15) is 13.6 Å². The third-order valence-electron chi connectivity index (χ3n) is 4.26. The van der Waals surface area contributed by atoms with Crippen LogP contribution in [0, 0.1) is 11.6 Å². The summed E-state index contributed by atoms with van der Waals surface area (Å²) in [5, 5.41) is 0. The van der Waals surface area contributed by atoms with Gasteiger partial charge in [0.2, 0.25) is 0 Å². The van der Waals surface area contributed by atoms with Gasteiger partial charge in [0, 0.05) is 37.9 Å². The van der Waals surface area contributed by atoms with E-state index in [4.69, 9.17) is 4.74 Å². The van der Waals surface area contributed by atoms with Crippen molar-refractivity contribution in [2.24, 2.45) is 0 Å². The Bertz CT molecular complexity index is 731. The summed E-state index contributed by atoms with van der Waals surface area (Å²) >= 11 is 0. The second kappa shape index (κ2) is 7.51. The van der Waals surface area contributed by atoms with E-state index < -0.39 is 17.7 Å². The van der Waals surface area contributed by atoms with Crippen molar-refractivity contribution in [2.45, 2.75) is 13.0 Å². The fourth-order valence-electron chi connectivity index (χ4n) is 2.89. The number of nitrogens with zero attached hydrogens (tertiary/aromatic N) is 2. The van der Waals surface area contributed by atoms with Crippen LogP contribution >= 0.6 is 0 Å². The van der Waals surface area contributed by atoms with Gasteiger partial charge >= 0.3 is 0 Å². The van der Waals surface area contributed by atoms with Crippen LogP contribution in [0.2, 0.25) is 0 Å². The highest BCUT2D eigenvalue weighted by Crippen LogP contribution is 2.20. The van der Waals surface area contributed by atoms with Crippen molar-refractivity contribution in [3.8, 4) is 5.75 Å². The highest BCUT2D eigenvalue weighted by Gasteiger charge is 2.26. The number of ether oxygens (including phenoxy) is 1. The molecular formula is C19H20F2N2O2. The van der Waals surface area contributed by atoms with Gasteiger partial charge in [-0.1, -0.05) is 18.2 Å². The van der Waals surface area contributed by atoms with Gasteiger partial charge in [-0.15, -0.1) is 0 Å². The monoisotopic (exact) mass is 346 g/mol. The van der Waals surface area contributed by atoms with Gasteiger partial charge in [-0.25, -0.2) is 8.78 Å². The van der Waals surface area contributed by atoms with E-state index in [0.717, 1.165) is 30.9 Å². The number of halogens is 2. The van der Waals surface area contributed by atoms with Gasteiger partial charge in [-0.05, 0) is 31.2 Å². The lowest BCUT2D eigenvalue weighted by Gasteiger charge is -2.37. The Morgan fingerprint density at radius 2 is 1.72 bits per heavy atom. The number of piperazine rings is 1. The summed E-state index contributed by atoms with van der Waals surface area (Å²) in [5.41, 5.74) is 1.13. The molecule has 0 N–H and O–H groups in total. The van der Waals surface area contributed by atoms with E-state index in [1.54, 1.807) is 11.8 Å². The smallest absolute Gasteiger partial charge is 0.263 e. The van der Waals surface area contributed by atoms with Crippen LogP contribution < -0.4 is 9.64 Å². The zero-order chi connectivity index (χ0) is 17.8. The Morgan fingerprint density at radius 3 is 2.36 bits per heavy atom. The van der Waals surface area contributed by atoms with Gasteiger partial charge in [0.05, 0.1) is 0 Å².